The quantitative estimate of drug-likeness (QED) is 0.808. The molecule has 2 aliphatic rings. The minimum Gasteiger partial charge on any atom is -0.439 e. The van der Waals surface area contributed by atoms with Crippen molar-refractivity contribution in [1.29, 1.82) is 0 Å². The molecule has 0 spiro atoms. The monoisotopic (exact) mass is 379 g/mol. The van der Waals surface area contributed by atoms with Gasteiger partial charge in [-0.3, -0.25) is 4.79 Å². The number of ether oxygens (including phenoxy) is 1. The number of aromatic nitrogens is 1. The summed E-state index contributed by atoms with van der Waals surface area (Å²) in [5.41, 5.74) is 1.07. The minimum absolute atomic E-state index is 0.216. The van der Waals surface area contributed by atoms with Gasteiger partial charge in [-0.25, -0.2) is 4.98 Å². The number of carbonyl (C=O) groups is 1. The molecule has 5 nitrogen and oxygen atoms in total. The molecule has 1 amide bonds. The van der Waals surface area contributed by atoms with Crippen molar-refractivity contribution < 1.29 is 9.53 Å². The summed E-state index contributed by atoms with van der Waals surface area (Å²) in [6, 6.07) is 15.7. The number of carbonyl (C=O) groups excluding carboxylic acids is 1. The number of likely N-dealkylation sites (tertiary alicyclic amines) is 2. The Kier molecular flexibility index (Phi) is 5.91. The highest BCUT2D eigenvalue weighted by molar-refractivity contribution is 5.79. The van der Waals surface area contributed by atoms with Crippen LogP contribution in [0.25, 0.3) is 0 Å². The van der Waals surface area contributed by atoms with Crippen molar-refractivity contribution in [3.63, 3.8) is 0 Å². The number of benzene rings is 1. The van der Waals surface area contributed by atoms with Crippen LogP contribution in [-0.2, 0) is 4.79 Å². The SMILES string of the molecule is CN1CCC(C(=O)N2CCC(c3cccc(Oc4ccccc4)n3)CC2)CC1. The molecule has 0 N–H and O–H groups in total. The van der Waals surface area contributed by atoms with E-state index in [-0.39, 0.29) is 5.92 Å². The van der Waals surface area contributed by atoms with E-state index in [0.29, 0.717) is 17.7 Å². The van der Waals surface area contributed by atoms with Gasteiger partial charge in [0.25, 0.3) is 0 Å². The lowest BCUT2D eigenvalue weighted by molar-refractivity contribution is -0.138. The molecule has 2 fully saturated rings. The molecule has 28 heavy (non-hydrogen) atoms. The first kappa shape index (κ1) is 18.9. The Labute approximate surface area is 167 Å². The van der Waals surface area contributed by atoms with E-state index in [4.69, 9.17) is 9.72 Å². The van der Waals surface area contributed by atoms with Crippen molar-refractivity contribution in [2.45, 2.75) is 31.6 Å². The smallest absolute Gasteiger partial charge is 0.225 e. The van der Waals surface area contributed by atoms with E-state index in [9.17, 15) is 4.79 Å². The molecule has 0 atom stereocenters. The Morgan fingerprint density at radius 1 is 0.929 bits per heavy atom. The van der Waals surface area contributed by atoms with Crippen molar-refractivity contribution in [3.8, 4) is 11.6 Å². The van der Waals surface area contributed by atoms with E-state index in [1.54, 1.807) is 0 Å². The summed E-state index contributed by atoms with van der Waals surface area (Å²) in [5, 5.41) is 0. The number of hydrogen-bond donors (Lipinski definition) is 0. The molecule has 2 aromatic rings. The fourth-order valence-corrected chi connectivity index (χ4v) is 4.23. The van der Waals surface area contributed by atoms with Crippen molar-refractivity contribution in [3.05, 3.63) is 54.2 Å². The van der Waals surface area contributed by atoms with E-state index in [0.717, 1.165) is 63.3 Å². The summed E-state index contributed by atoms with van der Waals surface area (Å²) >= 11 is 0. The average molecular weight is 380 g/mol. The molecule has 2 aliphatic heterocycles. The van der Waals surface area contributed by atoms with Crippen LogP contribution in [0.4, 0.5) is 0 Å². The number of amides is 1. The molecule has 1 aromatic carbocycles. The molecule has 1 aromatic heterocycles. The van der Waals surface area contributed by atoms with Crippen LogP contribution in [0.5, 0.6) is 11.6 Å². The second kappa shape index (κ2) is 8.74. The molecule has 0 radical (unpaired) electrons. The second-order valence-corrected chi connectivity index (χ2v) is 7.99. The van der Waals surface area contributed by atoms with E-state index in [2.05, 4.69) is 22.9 Å². The largest absolute Gasteiger partial charge is 0.439 e. The van der Waals surface area contributed by atoms with Crippen molar-refractivity contribution in [1.82, 2.24) is 14.8 Å². The number of nitrogens with zero attached hydrogens (tertiary/aromatic N) is 3. The van der Waals surface area contributed by atoms with Crippen LogP contribution in [0.15, 0.2) is 48.5 Å². The first-order chi connectivity index (χ1) is 13.7. The maximum atomic E-state index is 12.8. The first-order valence-electron chi connectivity index (χ1n) is 10.4. The second-order valence-electron chi connectivity index (χ2n) is 7.99. The van der Waals surface area contributed by atoms with Crippen molar-refractivity contribution >= 4 is 5.91 Å². The van der Waals surface area contributed by atoms with E-state index in [1.807, 2.05) is 42.5 Å². The highest BCUT2D eigenvalue weighted by Crippen LogP contribution is 2.30. The van der Waals surface area contributed by atoms with E-state index in [1.165, 1.54) is 0 Å². The lowest BCUT2D eigenvalue weighted by Gasteiger charge is -2.36. The predicted molar refractivity (Wildman–Crippen MR) is 110 cm³/mol. The summed E-state index contributed by atoms with van der Waals surface area (Å²) < 4.78 is 5.88. The van der Waals surface area contributed by atoms with Gasteiger partial charge in [-0.2, -0.15) is 0 Å². The molecule has 2 saturated heterocycles. The molecule has 3 heterocycles. The zero-order valence-electron chi connectivity index (χ0n) is 16.6. The van der Waals surface area contributed by atoms with Gasteiger partial charge in [-0.1, -0.05) is 24.3 Å². The van der Waals surface area contributed by atoms with Crippen LogP contribution < -0.4 is 4.74 Å². The van der Waals surface area contributed by atoms with Gasteiger partial charge in [-0.15, -0.1) is 0 Å². The van der Waals surface area contributed by atoms with Gasteiger partial charge in [0.15, 0.2) is 0 Å². The lowest BCUT2D eigenvalue weighted by Crippen LogP contribution is -2.44. The number of piperidine rings is 2. The topological polar surface area (TPSA) is 45.7 Å². The van der Waals surface area contributed by atoms with Crippen LogP contribution in [-0.4, -0.2) is 53.9 Å². The summed E-state index contributed by atoms with van der Waals surface area (Å²) in [6.45, 7) is 3.73. The Bertz CT molecular complexity index is 779. The normalized spacial score (nSPS) is 19.5. The van der Waals surface area contributed by atoms with Gasteiger partial charge in [0.05, 0.1) is 0 Å². The third kappa shape index (κ3) is 4.53. The zero-order valence-corrected chi connectivity index (χ0v) is 16.6. The highest BCUT2D eigenvalue weighted by Gasteiger charge is 2.30. The third-order valence-electron chi connectivity index (χ3n) is 6.00. The molecular weight excluding hydrogens is 350 g/mol. The van der Waals surface area contributed by atoms with Crippen LogP contribution >= 0.6 is 0 Å². The van der Waals surface area contributed by atoms with Crippen LogP contribution in [0.2, 0.25) is 0 Å². The molecule has 0 unspecified atom stereocenters. The minimum atomic E-state index is 0.216. The van der Waals surface area contributed by atoms with Gasteiger partial charge in [0.2, 0.25) is 11.8 Å². The number of rotatable bonds is 4. The molecule has 4 rings (SSSR count). The number of hydrogen-bond acceptors (Lipinski definition) is 4. The van der Waals surface area contributed by atoms with E-state index >= 15 is 0 Å². The Morgan fingerprint density at radius 2 is 1.64 bits per heavy atom. The predicted octanol–water partition coefficient (Wildman–Crippen LogP) is 3.92. The standard InChI is InChI=1S/C23H29N3O2/c1-25-14-10-19(11-15-25)23(27)26-16-12-18(13-17-26)21-8-5-9-22(24-21)28-20-6-3-2-4-7-20/h2-9,18-19H,10-17H2,1H3. The van der Waals surface area contributed by atoms with E-state index < -0.39 is 0 Å². The van der Waals surface area contributed by atoms with Crippen LogP contribution in [0, 0.1) is 5.92 Å². The van der Waals surface area contributed by atoms with Gasteiger partial charge in [0, 0.05) is 36.7 Å². The van der Waals surface area contributed by atoms with Crippen molar-refractivity contribution in [2.24, 2.45) is 5.92 Å². The summed E-state index contributed by atoms with van der Waals surface area (Å²) in [4.78, 5) is 22.0. The van der Waals surface area contributed by atoms with Gasteiger partial charge >= 0.3 is 0 Å². The lowest BCUT2D eigenvalue weighted by atomic mass is 9.90. The molecule has 0 saturated carbocycles. The summed E-state index contributed by atoms with van der Waals surface area (Å²) in [6.07, 6.45) is 3.94. The van der Waals surface area contributed by atoms with Gasteiger partial charge in [0.1, 0.15) is 5.75 Å². The van der Waals surface area contributed by atoms with Crippen molar-refractivity contribution in [2.75, 3.05) is 33.2 Å². The highest BCUT2D eigenvalue weighted by atomic mass is 16.5. The first-order valence-corrected chi connectivity index (χ1v) is 10.4. The maximum absolute atomic E-state index is 12.8. The zero-order chi connectivity index (χ0) is 19.3. The Balaban J connectivity index is 1.33. The summed E-state index contributed by atoms with van der Waals surface area (Å²) in [5.74, 6) is 2.40. The maximum Gasteiger partial charge on any atom is 0.225 e. The van der Waals surface area contributed by atoms with Gasteiger partial charge in [-0.05, 0) is 64.0 Å². The molecule has 148 valence electrons. The molecule has 5 heteroatoms. The number of pyridine rings is 1. The third-order valence-corrected chi connectivity index (χ3v) is 6.00. The van der Waals surface area contributed by atoms with Gasteiger partial charge < -0.3 is 14.5 Å². The molecular formula is C23H29N3O2. The van der Waals surface area contributed by atoms with Crippen LogP contribution in [0.1, 0.15) is 37.3 Å². The number of para-hydroxylation sites is 1. The fourth-order valence-electron chi connectivity index (χ4n) is 4.23. The Morgan fingerprint density at radius 3 is 2.36 bits per heavy atom. The Hall–Kier alpha value is -2.40. The van der Waals surface area contributed by atoms with Crippen LogP contribution in [0.3, 0.4) is 0 Å². The fraction of sp³-hybridized carbons (Fsp3) is 0.478. The summed E-state index contributed by atoms with van der Waals surface area (Å²) in [7, 11) is 2.13. The molecule has 0 aliphatic carbocycles. The average Bonchev–Trinajstić information content (AvgIpc) is 2.75. The molecule has 0 bridgehead atoms.